The van der Waals surface area contributed by atoms with Crippen molar-refractivity contribution in [3.63, 3.8) is 0 Å². The summed E-state index contributed by atoms with van der Waals surface area (Å²) < 4.78 is 5.65. The molecule has 0 bridgehead atoms. The Kier molecular flexibility index (Phi) is 5.37. The highest BCUT2D eigenvalue weighted by atomic mass is 16.5. The zero-order valence-electron chi connectivity index (χ0n) is 13.6. The van der Waals surface area contributed by atoms with E-state index in [9.17, 15) is 4.79 Å². The van der Waals surface area contributed by atoms with E-state index in [0.717, 1.165) is 23.2 Å². The Morgan fingerprint density at radius 1 is 1.26 bits per heavy atom. The van der Waals surface area contributed by atoms with Crippen LogP contribution >= 0.6 is 0 Å². The van der Waals surface area contributed by atoms with Crippen LogP contribution < -0.4 is 10.1 Å². The number of para-hydroxylation sites is 2. The number of nitrogens with one attached hydrogen (secondary N) is 1. The lowest BCUT2D eigenvalue weighted by Gasteiger charge is -2.18. The first kappa shape index (κ1) is 16.6. The van der Waals surface area contributed by atoms with Crippen molar-refractivity contribution in [3.8, 4) is 11.8 Å². The van der Waals surface area contributed by atoms with Gasteiger partial charge in [0.15, 0.2) is 6.10 Å². The van der Waals surface area contributed by atoms with Crippen LogP contribution in [0.5, 0.6) is 5.75 Å². The number of hydrogen-bond acceptors (Lipinski definition) is 3. The average Bonchev–Trinajstić information content (AvgIpc) is 2.57. The lowest BCUT2D eigenvalue weighted by molar-refractivity contribution is -0.122. The summed E-state index contributed by atoms with van der Waals surface area (Å²) in [5, 5.41) is 12.0. The number of benzene rings is 2. The molecule has 2 aromatic rings. The molecule has 0 aliphatic carbocycles. The molecule has 2 rings (SSSR count). The van der Waals surface area contributed by atoms with Crippen molar-refractivity contribution in [2.45, 2.75) is 33.3 Å². The SMILES string of the molecule is CCc1cccc(C)c1NC(=O)C(C)Oc1ccccc1C#N. The molecule has 1 amide bonds. The number of aryl methyl sites for hydroxylation is 2. The van der Waals surface area contributed by atoms with Gasteiger partial charge in [0.05, 0.1) is 5.56 Å². The standard InChI is InChI=1S/C19H20N2O2/c1-4-15-10-7-8-13(2)18(15)21-19(22)14(3)23-17-11-6-5-9-16(17)12-20/h5-11,14H,4H2,1-3H3,(H,21,22). The monoisotopic (exact) mass is 308 g/mol. The van der Waals surface area contributed by atoms with Gasteiger partial charge in [-0.05, 0) is 43.5 Å². The van der Waals surface area contributed by atoms with Crippen molar-refractivity contribution in [3.05, 3.63) is 59.2 Å². The van der Waals surface area contributed by atoms with Gasteiger partial charge in [0, 0.05) is 5.69 Å². The molecular formula is C19H20N2O2. The second kappa shape index (κ2) is 7.46. The Balaban J connectivity index is 2.14. The summed E-state index contributed by atoms with van der Waals surface area (Å²) in [6.07, 6.45) is 0.137. The molecule has 2 aromatic carbocycles. The van der Waals surface area contributed by atoms with Crippen molar-refractivity contribution < 1.29 is 9.53 Å². The Labute approximate surface area is 136 Å². The van der Waals surface area contributed by atoms with E-state index in [-0.39, 0.29) is 5.91 Å². The van der Waals surface area contributed by atoms with Crippen LogP contribution in [0.1, 0.15) is 30.5 Å². The first-order valence-corrected chi connectivity index (χ1v) is 7.62. The van der Waals surface area contributed by atoms with Gasteiger partial charge in [-0.3, -0.25) is 4.79 Å². The van der Waals surface area contributed by atoms with Gasteiger partial charge in [0.2, 0.25) is 0 Å². The Morgan fingerprint density at radius 2 is 2.00 bits per heavy atom. The first-order valence-electron chi connectivity index (χ1n) is 7.62. The van der Waals surface area contributed by atoms with Crippen molar-refractivity contribution >= 4 is 11.6 Å². The van der Waals surface area contributed by atoms with E-state index in [4.69, 9.17) is 10.00 Å². The van der Waals surface area contributed by atoms with E-state index in [2.05, 4.69) is 11.4 Å². The number of rotatable bonds is 5. The molecular weight excluding hydrogens is 288 g/mol. The predicted molar refractivity (Wildman–Crippen MR) is 90.4 cm³/mol. The molecule has 1 N–H and O–H groups in total. The van der Waals surface area contributed by atoms with Gasteiger partial charge in [0.25, 0.3) is 5.91 Å². The van der Waals surface area contributed by atoms with Crippen LogP contribution in [0.3, 0.4) is 0 Å². The Hall–Kier alpha value is -2.80. The maximum absolute atomic E-state index is 12.4. The fraction of sp³-hybridized carbons (Fsp3) is 0.263. The van der Waals surface area contributed by atoms with Crippen LogP contribution in [-0.2, 0) is 11.2 Å². The van der Waals surface area contributed by atoms with Crippen LogP contribution in [0.15, 0.2) is 42.5 Å². The fourth-order valence-corrected chi connectivity index (χ4v) is 2.33. The highest BCUT2D eigenvalue weighted by molar-refractivity contribution is 5.95. The molecule has 0 aliphatic heterocycles. The highest BCUT2D eigenvalue weighted by Crippen LogP contribution is 2.22. The van der Waals surface area contributed by atoms with Crippen molar-refractivity contribution in [2.75, 3.05) is 5.32 Å². The minimum atomic E-state index is -0.700. The predicted octanol–water partition coefficient (Wildman–Crippen LogP) is 3.84. The maximum Gasteiger partial charge on any atom is 0.265 e. The third-order valence-corrected chi connectivity index (χ3v) is 3.67. The van der Waals surface area contributed by atoms with Crippen LogP contribution in [-0.4, -0.2) is 12.0 Å². The Morgan fingerprint density at radius 3 is 2.70 bits per heavy atom. The number of carbonyl (C=O) groups excluding carboxylic acids is 1. The summed E-state index contributed by atoms with van der Waals surface area (Å²) in [5.41, 5.74) is 3.35. The van der Waals surface area contributed by atoms with E-state index in [1.54, 1.807) is 31.2 Å². The first-order chi connectivity index (χ1) is 11.1. The van der Waals surface area contributed by atoms with Gasteiger partial charge in [-0.1, -0.05) is 37.3 Å². The van der Waals surface area contributed by atoms with Crippen LogP contribution in [0.4, 0.5) is 5.69 Å². The third kappa shape index (κ3) is 3.89. The summed E-state index contributed by atoms with van der Waals surface area (Å²) in [4.78, 5) is 12.4. The van der Waals surface area contributed by atoms with Crippen LogP contribution in [0.2, 0.25) is 0 Å². The summed E-state index contributed by atoms with van der Waals surface area (Å²) in [5.74, 6) is 0.180. The second-order valence-electron chi connectivity index (χ2n) is 5.32. The number of amides is 1. The number of nitrogens with zero attached hydrogens (tertiary/aromatic N) is 1. The zero-order chi connectivity index (χ0) is 16.8. The molecule has 0 saturated heterocycles. The number of ether oxygens (including phenoxy) is 1. The summed E-state index contributed by atoms with van der Waals surface area (Å²) in [7, 11) is 0. The van der Waals surface area contributed by atoms with Gasteiger partial charge >= 0.3 is 0 Å². The minimum absolute atomic E-state index is 0.234. The topological polar surface area (TPSA) is 62.1 Å². The molecule has 4 heteroatoms. The maximum atomic E-state index is 12.4. The van der Waals surface area contributed by atoms with Gasteiger partial charge in [0.1, 0.15) is 11.8 Å². The molecule has 118 valence electrons. The highest BCUT2D eigenvalue weighted by Gasteiger charge is 2.18. The second-order valence-corrected chi connectivity index (χ2v) is 5.32. The van der Waals surface area contributed by atoms with Crippen molar-refractivity contribution in [1.29, 1.82) is 5.26 Å². The molecule has 0 aromatic heterocycles. The molecule has 0 fully saturated rings. The zero-order valence-corrected chi connectivity index (χ0v) is 13.6. The smallest absolute Gasteiger partial charge is 0.265 e. The molecule has 1 atom stereocenters. The molecule has 4 nitrogen and oxygen atoms in total. The summed E-state index contributed by atoms with van der Waals surface area (Å²) in [6, 6.07) is 14.9. The molecule has 0 aliphatic rings. The number of nitriles is 1. The number of hydrogen-bond donors (Lipinski definition) is 1. The summed E-state index contributed by atoms with van der Waals surface area (Å²) in [6.45, 7) is 5.69. The molecule has 0 heterocycles. The lowest BCUT2D eigenvalue weighted by atomic mass is 10.1. The van der Waals surface area contributed by atoms with Crippen LogP contribution in [0.25, 0.3) is 0 Å². The van der Waals surface area contributed by atoms with E-state index in [0.29, 0.717) is 11.3 Å². The van der Waals surface area contributed by atoms with Crippen LogP contribution in [0, 0.1) is 18.3 Å². The lowest BCUT2D eigenvalue weighted by Crippen LogP contribution is -2.31. The van der Waals surface area contributed by atoms with Gasteiger partial charge in [-0.25, -0.2) is 0 Å². The molecule has 0 saturated carbocycles. The number of anilines is 1. The molecule has 0 radical (unpaired) electrons. The Bertz CT molecular complexity index is 747. The van der Waals surface area contributed by atoms with E-state index in [1.807, 2.05) is 32.0 Å². The third-order valence-electron chi connectivity index (χ3n) is 3.67. The van der Waals surface area contributed by atoms with E-state index in [1.165, 1.54) is 0 Å². The molecule has 0 spiro atoms. The summed E-state index contributed by atoms with van der Waals surface area (Å²) >= 11 is 0. The fourth-order valence-electron chi connectivity index (χ4n) is 2.33. The normalized spacial score (nSPS) is 11.4. The van der Waals surface area contributed by atoms with Gasteiger partial charge in [-0.15, -0.1) is 0 Å². The average molecular weight is 308 g/mol. The quantitative estimate of drug-likeness (QED) is 0.913. The van der Waals surface area contributed by atoms with E-state index >= 15 is 0 Å². The minimum Gasteiger partial charge on any atom is -0.480 e. The van der Waals surface area contributed by atoms with Gasteiger partial charge < -0.3 is 10.1 Å². The molecule has 23 heavy (non-hydrogen) atoms. The van der Waals surface area contributed by atoms with Crippen molar-refractivity contribution in [2.24, 2.45) is 0 Å². The van der Waals surface area contributed by atoms with Gasteiger partial charge in [-0.2, -0.15) is 5.26 Å². The largest absolute Gasteiger partial charge is 0.480 e. The molecule has 1 unspecified atom stereocenters. The number of carbonyl (C=O) groups is 1. The van der Waals surface area contributed by atoms with E-state index < -0.39 is 6.10 Å². The van der Waals surface area contributed by atoms with Crippen molar-refractivity contribution in [1.82, 2.24) is 0 Å².